The Bertz CT molecular complexity index is 2460. The van der Waals surface area contributed by atoms with E-state index in [9.17, 15) is 23.3 Å². The van der Waals surface area contributed by atoms with Crippen molar-refractivity contribution < 1.29 is 27.6 Å². The number of H-pyrrole nitrogens is 1. The Kier molecular flexibility index (Phi) is 11.5. The quantitative estimate of drug-likeness (QED) is 0.0727. The summed E-state index contributed by atoms with van der Waals surface area (Å²) in [5.74, 6) is 0.0697. The summed E-state index contributed by atoms with van der Waals surface area (Å²) in [5.41, 5.74) is 5.34. The molecule has 2 aliphatic heterocycles. The number of hydrogen-bond acceptors (Lipinski definition) is 11. The van der Waals surface area contributed by atoms with Crippen LogP contribution in [0.4, 0.5) is 11.4 Å². The lowest BCUT2D eigenvalue weighted by Crippen LogP contribution is -2.63. The number of carbonyl (C=O) groups excluding carboxylic acids is 1. The normalized spacial score (nSPS) is 19.5. The maximum Gasteiger partial charge on any atom is 0.312 e. The summed E-state index contributed by atoms with van der Waals surface area (Å²) in [6.07, 6.45) is 8.63. The van der Waals surface area contributed by atoms with Crippen LogP contribution in [0.2, 0.25) is 0 Å². The summed E-state index contributed by atoms with van der Waals surface area (Å²) in [7, 11) is -2.52. The van der Waals surface area contributed by atoms with Crippen LogP contribution in [0.15, 0.2) is 89.1 Å². The molecule has 8 rings (SSSR count). The van der Waals surface area contributed by atoms with Crippen LogP contribution in [0.25, 0.3) is 11.0 Å². The first-order valence-electron chi connectivity index (χ1n) is 20.5. The van der Waals surface area contributed by atoms with Crippen LogP contribution in [-0.2, 0) is 10.0 Å². The van der Waals surface area contributed by atoms with Crippen molar-refractivity contribution in [2.75, 3.05) is 63.6 Å². The van der Waals surface area contributed by atoms with Gasteiger partial charge in [-0.15, -0.1) is 11.6 Å². The van der Waals surface area contributed by atoms with Crippen LogP contribution in [0.3, 0.4) is 0 Å². The van der Waals surface area contributed by atoms with Crippen LogP contribution >= 0.6 is 11.6 Å². The minimum atomic E-state index is -4.57. The zero-order valence-corrected chi connectivity index (χ0v) is 35.9. The highest BCUT2D eigenvalue weighted by atomic mass is 35.5. The minimum absolute atomic E-state index is 0.00838. The topological polar surface area (TPSA) is 163 Å². The predicted octanol–water partition coefficient (Wildman–Crippen LogP) is 7.67. The first-order valence-corrected chi connectivity index (χ1v) is 22.5. The van der Waals surface area contributed by atoms with E-state index in [2.05, 4.69) is 49.8 Å². The number of aromatic amines is 1. The van der Waals surface area contributed by atoms with Gasteiger partial charge in [0.05, 0.1) is 21.6 Å². The van der Waals surface area contributed by atoms with Crippen molar-refractivity contribution in [1.29, 1.82) is 0 Å². The van der Waals surface area contributed by atoms with Gasteiger partial charge in [0.1, 0.15) is 23.3 Å². The number of nitro groups is 1. The van der Waals surface area contributed by atoms with Crippen molar-refractivity contribution in [2.24, 2.45) is 10.8 Å². The van der Waals surface area contributed by atoms with Crippen molar-refractivity contribution in [1.82, 2.24) is 24.5 Å². The fraction of sp³-hybridized carbons (Fsp3) is 0.455. The molecule has 4 aromatic rings. The lowest BCUT2D eigenvalue weighted by molar-refractivity contribution is -0.386. The molecule has 14 nitrogen and oxygen atoms in total. The number of aromatic nitrogens is 2. The van der Waals surface area contributed by atoms with E-state index in [0.29, 0.717) is 17.3 Å². The van der Waals surface area contributed by atoms with E-state index in [1.165, 1.54) is 35.5 Å². The summed E-state index contributed by atoms with van der Waals surface area (Å²) >= 11 is 6.12. The van der Waals surface area contributed by atoms with Crippen molar-refractivity contribution in [3.63, 3.8) is 0 Å². The Morgan fingerprint density at radius 1 is 1.08 bits per heavy atom. The second kappa shape index (κ2) is 16.5. The Morgan fingerprint density at radius 2 is 1.85 bits per heavy atom. The SMILES string of the molecule is C=C(CCCl)C1=C(CN2CCN(c3ccc(C(=O)NS(=O)(=O)c4ccc(OC5CC6(C5)CN(C)C6)c([N+](=O)[O-])c4)c(Oc4cnc5[nH]ccc5c4)c3)CC2)CCC(C)(C)C1. The lowest BCUT2D eigenvalue weighted by atomic mass is 9.62. The summed E-state index contributed by atoms with van der Waals surface area (Å²) in [6.45, 7) is 14.9. The molecule has 60 heavy (non-hydrogen) atoms. The smallest absolute Gasteiger partial charge is 0.312 e. The van der Waals surface area contributed by atoms with E-state index in [1.807, 2.05) is 13.1 Å². The molecule has 1 amide bonds. The number of likely N-dealkylation sites (tertiary alicyclic amines) is 1. The number of nitrogens with one attached hydrogen (secondary N) is 2. The van der Waals surface area contributed by atoms with Gasteiger partial charge in [0, 0.05) is 86.5 Å². The Balaban J connectivity index is 0.993. The van der Waals surface area contributed by atoms with Gasteiger partial charge in [-0.05, 0) is 93.0 Å². The van der Waals surface area contributed by atoms with Crippen LogP contribution in [-0.4, -0.2) is 104 Å². The highest BCUT2D eigenvalue weighted by molar-refractivity contribution is 7.90. The molecule has 0 radical (unpaired) electrons. The zero-order valence-electron chi connectivity index (χ0n) is 34.3. The van der Waals surface area contributed by atoms with E-state index in [-0.39, 0.29) is 34.0 Å². The number of piperazine rings is 1. The van der Waals surface area contributed by atoms with Gasteiger partial charge in [0.2, 0.25) is 0 Å². The summed E-state index contributed by atoms with van der Waals surface area (Å²) < 4.78 is 41.7. The molecule has 4 heterocycles. The predicted molar refractivity (Wildman–Crippen MR) is 232 cm³/mol. The van der Waals surface area contributed by atoms with E-state index in [1.54, 1.807) is 24.4 Å². The molecule has 4 aliphatic rings. The number of ether oxygens (including phenoxy) is 2. The molecule has 2 aliphatic carbocycles. The number of alkyl halides is 1. The van der Waals surface area contributed by atoms with Crippen molar-refractivity contribution in [3.05, 3.63) is 99.9 Å². The zero-order chi connectivity index (χ0) is 42.4. The molecule has 0 atom stereocenters. The third-order valence-electron chi connectivity index (χ3n) is 12.5. The molecule has 2 aromatic carbocycles. The lowest BCUT2D eigenvalue weighted by Gasteiger charge is -2.57. The first-order chi connectivity index (χ1) is 28.6. The molecule has 2 N–H and O–H groups in total. The third kappa shape index (κ3) is 8.90. The largest absolute Gasteiger partial charge is 0.483 e. The minimum Gasteiger partial charge on any atom is -0.483 e. The van der Waals surface area contributed by atoms with Crippen LogP contribution in [0.1, 0.15) is 62.7 Å². The van der Waals surface area contributed by atoms with Gasteiger partial charge >= 0.3 is 5.69 Å². The average Bonchev–Trinajstić information content (AvgIpc) is 3.65. The number of rotatable bonds is 14. The van der Waals surface area contributed by atoms with Gasteiger partial charge < -0.3 is 24.3 Å². The van der Waals surface area contributed by atoms with E-state index in [0.717, 1.165) is 107 Å². The Labute approximate surface area is 355 Å². The number of nitro benzene ring substituents is 1. The number of anilines is 1. The number of fused-ring (bicyclic) bond motifs is 1. The van der Waals surface area contributed by atoms with Gasteiger partial charge in [0.25, 0.3) is 15.9 Å². The molecule has 0 bridgehead atoms. The number of hydrogen-bond donors (Lipinski definition) is 2. The van der Waals surface area contributed by atoms with Crippen LogP contribution in [0.5, 0.6) is 17.2 Å². The number of pyridine rings is 1. The number of benzene rings is 2. The van der Waals surface area contributed by atoms with Crippen molar-refractivity contribution in [3.8, 4) is 17.2 Å². The molecule has 318 valence electrons. The Hall–Kier alpha value is -4.96. The first kappa shape index (κ1) is 41.8. The van der Waals surface area contributed by atoms with Crippen LogP contribution < -0.4 is 19.1 Å². The maximum absolute atomic E-state index is 13.9. The van der Waals surface area contributed by atoms with E-state index in [4.69, 9.17) is 21.1 Å². The van der Waals surface area contributed by atoms with Gasteiger partial charge in [-0.25, -0.2) is 18.1 Å². The number of nitrogens with zero attached hydrogens (tertiary/aromatic N) is 5. The molecule has 0 unspecified atom stereocenters. The number of halogens is 1. The third-order valence-corrected chi connectivity index (χ3v) is 14.0. The highest BCUT2D eigenvalue weighted by Gasteiger charge is 2.52. The van der Waals surface area contributed by atoms with E-state index < -0.39 is 31.4 Å². The highest BCUT2D eigenvalue weighted by Crippen LogP contribution is 2.50. The number of carbonyl (C=O) groups is 1. The average molecular weight is 858 g/mol. The van der Waals surface area contributed by atoms with Gasteiger partial charge in [-0.3, -0.25) is 19.8 Å². The van der Waals surface area contributed by atoms with Gasteiger partial charge in [-0.2, -0.15) is 0 Å². The second-order valence-corrected chi connectivity index (χ2v) is 19.8. The molecular weight excluding hydrogens is 806 g/mol. The fourth-order valence-corrected chi connectivity index (χ4v) is 10.5. The Morgan fingerprint density at radius 3 is 2.57 bits per heavy atom. The molecular formula is C44H52ClN7O7S. The number of amides is 1. The summed E-state index contributed by atoms with van der Waals surface area (Å²) in [4.78, 5) is 39.2. The van der Waals surface area contributed by atoms with Crippen LogP contribution in [0, 0.1) is 20.9 Å². The fourth-order valence-electron chi connectivity index (χ4n) is 9.33. The molecule has 2 aromatic heterocycles. The summed E-state index contributed by atoms with van der Waals surface area (Å²) in [6, 6.07) is 12.1. The molecule has 3 fully saturated rings. The van der Waals surface area contributed by atoms with Gasteiger partial charge in [0.15, 0.2) is 5.75 Å². The molecule has 16 heteroatoms. The number of allylic oxidation sites excluding steroid dienone is 2. The summed E-state index contributed by atoms with van der Waals surface area (Å²) in [5, 5.41) is 12.9. The van der Waals surface area contributed by atoms with Crippen molar-refractivity contribution in [2.45, 2.75) is 63.4 Å². The maximum atomic E-state index is 13.9. The second-order valence-electron chi connectivity index (χ2n) is 17.7. The molecule has 2 saturated heterocycles. The number of sulfonamides is 1. The molecule has 1 saturated carbocycles. The van der Waals surface area contributed by atoms with Gasteiger partial charge in [-0.1, -0.05) is 31.6 Å². The van der Waals surface area contributed by atoms with E-state index >= 15 is 0 Å². The standard InChI is InChI=1S/C44H52ClN7O7S/c1-29(10-13-45)37-24-43(2,3)12-9-31(37)26-50-15-17-51(18-16-50)32-5-7-36(40(20-32)58-33-19-30-11-14-46-41(30)47-25-33)42(53)48-60(56,57)35-6-8-39(38(21-35)52(54)55)59-34-22-44(23-34)27-49(4)28-44/h5-8,11,14,19-21,25,34H,1,9-10,12-13,15-18,22-24,26-28H2,2-4H3,(H,46,47)(H,48,53). The van der Waals surface area contributed by atoms with Crippen molar-refractivity contribution >= 4 is 49.9 Å². The molecule has 1 spiro atoms. The monoisotopic (exact) mass is 857 g/mol.